The van der Waals surface area contributed by atoms with Crippen molar-refractivity contribution in [3.05, 3.63) is 35.3 Å². The monoisotopic (exact) mass is 292 g/mol. The van der Waals surface area contributed by atoms with E-state index in [0.29, 0.717) is 6.61 Å². The molecule has 0 unspecified atom stereocenters. The first kappa shape index (κ1) is 13.9. The lowest BCUT2D eigenvalue weighted by Crippen LogP contribution is -1.99. The molecule has 0 atom stereocenters. The third kappa shape index (κ3) is 4.91. The van der Waals surface area contributed by atoms with Crippen LogP contribution in [-0.2, 0) is 0 Å². The summed E-state index contributed by atoms with van der Waals surface area (Å²) in [7, 11) is 0. The molecular formula is C13H12N2O2S2. The van der Waals surface area contributed by atoms with E-state index in [1.54, 1.807) is 17.3 Å². The molecule has 1 aromatic carbocycles. The van der Waals surface area contributed by atoms with Crippen LogP contribution in [0.5, 0.6) is 5.75 Å². The summed E-state index contributed by atoms with van der Waals surface area (Å²) in [6.45, 7) is 0.493. The van der Waals surface area contributed by atoms with E-state index in [0.717, 1.165) is 21.4 Å². The first-order valence-corrected chi connectivity index (χ1v) is 7.46. The van der Waals surface area contributed by atoms with Crippen molar-refractivity contribution in [1.82, 2.24) is 10.2 Å². The molecule has 1 N–H and O–H groups in total. The quantitative estimate of drug-likeness (QED) is 0.519. The number of hydrogen-bond acceptors (Lipinski definition) is 6. The third-order valence-electron chi connectivity index (χ3n) is 2.08. The van der Waals surface area contributed by atoms with E-state index in [9.17, 15) is 0 Å². The van der Waals surface area contributed by atoms with Gasteiger partial charge in [0.2, 0.25) is 0 Å². The van der Waals surface area contributed by atoms with Gasteiger partial charge in [0.05, 0.1) is 6.61 Å². The van der Waals surface area contributed by atoms with Gasteiger partial charge in [0.1, 0.15) is 17.9 Å². The largest absolute Gasteiger partial charge is 0.493 e. The lowest BCUT2D eigenvalue weighted by Gasteiger charge is -2.04. The van der Waals surface area contributed by atoms with E-state index in [4.69, 9.17) is 9.84 Å². The number of ether oxygens (including phenoxy) is 1. The van der Waals surface area contributed by atoms with Crippen LogP contribution in [0.25, 0.3) is 0 Å². The highest BCUT2D eigenvalue weighted by atomic mass is 32.2. The zero-order valence-electron chi connectivity index (χ0n) is 10.1. The highest BCUT2D eigenvalue weighted by molar-refractivity contribution is 8.01. The Balaban J connectivity index is 1.74. The molecule has 0 bridgehead atoms. The van der Waals surface area contributed by atoms with Gasteiger partial charge in [-0.05, 0) is 24.3 Å². The Morgan fingerprint density at radius 3 is 2.84 bits per heavy atom. The molecule has 1 heterocycles. The molecule has 0 aliphatic heterocycles. The van der Waals surface area contributed by atoms with Crippen molar-refractivity contribution >= 4 is 23.1 Å². The van der Waals surface area contributed by atoms with Crippen molar-refractivity contribution in [2.75, 3.05) is 19.0 Å². The van der Waals surface area contributed by atoms with Gasteiger partial charge in [-0.1, -0.05) is 34.9 Å². The van der Waals surface area contributed by atoms with Gasteiger partial charge < -0.3 is 9.84 Å². The minimum atomic E-state index is -0.124. The molecule has 0 aliphatic rings. The van der Waals surface area contributed by atoms with E-state index in [-0.39, 0.29) is 6.61 Å². The Morgan fingerprint density at radius 2 is 2.16 bits per heavy atom. The highest BCUT2D eigenvalue weighted by Crippen LogP contribution is 2.19. The van der Waals surface area contributed by atoms with Gasteiger partial charge >= 0.3 is 0 Å². The summed E-state index contributed by atoms with van der Waals surface area (Å²) in [6, 6.07) is 7.49. The maximum Gasteiger partial charge on any atom is 0.174 e. The molecule has 4 nitrogen and oxygen atoms in total. The lowest BCUT2D eigenvalue weighted by atomic mass is 10.2. The molecular weight excluding hydrogens is 280 g/mol. The molecule has 6 heteroatoms. The second kappa shape index (κ2) is 7.79. The Bertz CT molecular complexity index is 544. The second-order valence-electron chi connectivity index (χ2n) is 3.39. The number of hydrogen-bond donors (Lipinski definition) is 1. The fourth-order valence-electron chi connectivity index (χ4n) is 1.29. The molecule has 0 saturated heterocycles. The summed E-state index contributed by atoms with van der Waals surface area (Å²) in [6.07, 6.45) is 0. The molecule has 19 heavy (non-hydrogen) atoms. The minimum Gasteiger partial charge on any atom is -0.493 e. The fraction of sp³-hybridized carbons (Fsp3) is 0.231. The Morgan fingerprint density at radius 1 is 1.32 bits per heavy atom. The molecule has 0 spiro atoms. The van der Waals surface area contributed by atoms with Gasteiger partial charge in [-0.25, -0.2) is 0 Å². The summed E-state index contributed by atoms with van der Waals surface area (Å²) in [5, 5.41) is 16.3. The van der Waals surface area contributed by atoms with Crippen LogP contribution in [0.3, 0.4) is 0 Å². The van der Waals surface area contributed by atoms with E-state index >= 15 is 0 Å². The average molecular weight is 292 g/mol. The van der Waals surface area contributed by atoms with Gasteiger partial charge in [-0.3, -0.25) is 0 Å². The molecule has 0 fully saturated rings. The predicted molar refractivity (Wildman–Crippen MR) is 76.5 cm³/mol. The van der Waals surface area contributed by atoms with Crippen LogP contribution in [0.15, 0.2) is 34.1 Å². The number of rotatable bonds is 5. The van der Waals surface area contributed by atoms with Gasteiger partial charge in [-0.15, -0.1) is 10.2 Å². The van der Waals surface area contributed by atoms with Crippen molar-refractivity contribution in [2.45, 2.75) is 4.34 Å². The van der Waals surface area contributed by atoms with E-state index < -0.39 is 0 Å². The maximum absolute atomic E-state index is 8.59. The second-order valence-corrected chi connectivity index (χ2v) is 5.56. The smallest absolute Gasteiger partial charge is 0.174 e. The van der Waals surface area contributed by atoms with Crippen molar-refractivity contribution in [3.63, 3.8) is 0 Å². The number of benzene rings is 1. The lowest BCUT2D eigenvalue weighted by molar-refractivity contribution is 0.344. The molecule has 2 rings (SSSR count). The zero-order chi connectivity index (χ0) is 13.3. The van der Waals surface area contributed by atoms with Crippen LogP contribution in [-0.4, -0.2) is 34.3 Å². The van der Waals surface area contributed by atoms with Gasteiger partial charge in [-0.2, -0.15) is 0 Å². The zero-order valence-corrected chi connectivity index (χ0v) is 11.7. The van der Waals surface area contributed by atoms with Crippen molar-refractivity contribution in [1.29, 1.82) is 0 Å². The molecule has 1 aromatic heterocycles. The fourth-order valence-corrected chi connectivity index (χ4v) is 2.67. The van der Waals surface area contributed by atoms with Crippen LogP contribution < -0.4 is 4.74 Å². The van der Waals surface area contributed by atoms with Crippen LogP contribution in [0.4, 0.5) is 0 Å². The van der Waals surface area contributed by atoms with Crippen molar-refractivity contribution in [3.8, 4) is 17.6 Å². The minimum absolute atomic E-state index is 0.124. The molecule has 0 amide bonds. The summed E-state index contributed by atoms with van der Waals surface area (Å²) in [5.41, 5.74) is 2.58. The number of thioether (sulfide) groups is 1. The van der Waals surface area contributed by atoms with E-state index in [1.165, 1.54) is 11.3 Å². The van der Waals surface area contributed by atoms with Crippen LogP contribution >= 0.6 is 23.1 Å². The third-order valence-corrected chi connectivity index (χ3v) is 3.91. The number of aliphatic hydroxyl groups is 1. The Labute approximate surface area is 119 Å². The highest BCUT2D eigenvalue weighted by Gasteiger charge is 1.98. The van der Waals surface area contributed by atoms with Gasteiger partial charge in [0, 0.05) is 11.3 Å². The topological polar surface area (TPSA) is 55.2 Å². The summed E-state index contributed by atoms with van der Waals surface area (Å²) < 4.78 is 6.56. The predicted octanol–water partition coefficient (Wildman–Crippen LogP) is 2.05. The number of aromatic nitrogens is 2. The van der Waals surface area contributed by atoms with Crippen LogP contribution in [0.2, 0.25) is 0 Å². The van der Waals surface area contributed by atoms with E-state index in [2.05, 4.69) is 22.0 Å². The molecule has 0 aliphatic carbocycles. The number of nitrogens with zero attached hydrogens (tertiary/aromatic N) is 2. The summed E-state index contributed by atoms with van der Waals surface area (Å²) in [4.78, 5) is 0. The first-order chi connectivity index (χ1) is 9.38. The molecule has 0 radical (unpaired) electrons. The Hall–Kier alpha value is -1.55. The Kier molecular flexibility index (Phi) is 5.69. The van der Waals surface area contributed by atoms with Crippen molar-refractivity contribution in [2.24, 2.45) is 0 Å². The normalized spacial score (nSPS) is 9.74. The first-order valence-electron chi connectivity index (χ1n) is 5.60. The van der Waals surface area contributed by atoms with Gasteiger partial charge in [0.25, 0.3) is 0 Å². The molecule has 98 valence electrons. The van der Waals surface area contributed by atoms with Crippen LogP contribution in [0.1, 0.15) is 5.56 Å². The molecule has 2 aromatic rings. The molecule has 0 saturated carbocycles. The summed E-state index contributed by atoms with van der Waals surface area (Å²) >= 11 is 3.16. The summed E-state index contributed by atoms with van der Waals surface area (Å²) in [5.74, 6) is 7.08. The maximum atomic E-state index is 8.59. The van der Waals surface area contributed by atoms with Gasteiger partial charge in [0.15, 0.2) is 4.34 Å². The average Bonchev–Trinajstić information content (AvgIpc) is 2.96. The standard InChI is InChI=1S/C13H12N2O2S2/c16-7-1-2-11-3-5-12(6-4-11)17-8-9-18-13-15-14-10-19-13/h3-6,10,16H,7-9H2. The van der Waals surface area contributed by atoms with Crippen LogP contribution in [0, 0.1) is 11.8 Å². The SMILES string of the molecule is OCC#Cc1ccc(OCCSc2nncs2)cc1. The van der Waals surface area contributed by atoms with E-state index in [1.807, 2.05) is 24.3 Å². The number of aliphatic hydroxyl groups excluding tert-OH is 1. The van der Waals surface area contributed by atoms with Crippen molar-refractivity contribution < 1.29 is 9.84 Å².